The molecule has 5 heteroatoms. The first-order chi connectivity index (χ1) is 12.0. The summed E-state index contributed by atoms with van der Waals surface area (Å²) in [6.45, 7) is 2.59. The van der Waals surface area contributed by atoms with Crippen molar-refractivity contribution >= 4 is 15.7 Å². The van der Waals surface area contributed by atoms with E-state index in [1.54, 1.807) is 4.90 Å². The van der Waals surface area contributed by atoms with Crippen molar-refractivity contribution in [3.8, 4) is 11.1 Å². The largest absolute Gasteiger partial charge is 0.335 e. The number of carbonyl (C=O) groups excluding carboxylic acids is 1. The average molecular weight is 357 g/mol. The summed E-state index contributed by atoms with van der Waals surface area (Å²) in [5.74, 6) is 0.183. The van der Waals surface area contributed by atoms with Gasteiger partial charge in [0.15, 0.2) is 9.84 Å². The van der Waals surface area contributed by atoms with Crippen molar-refractivity contribution in [1.29, 1.82) is 0 Å². The maximum atomic E-state index is 12.9. The monoisotopic (exact) mass is 357 g/mol. The second-order valence-corrected chi connectivity index (χ2v) is 8.73. The van der Waals surface area contributed by atoms with Crippen LogP contribution < -0.4 is 0 Å². The Labute approximate surface area is 149 Å². The number of amides is 1. The summed E-state index contributed by atoms with van der Waals surface area (Å²) in [6.07, 6.45) is 1.35. The standard InChI is InChI=1S/C20H23NO3S/c1-2-13-21(19-12-14-25(23,24)15-19)20(22)18-10-8-17(9-11-18)16-6-4-3-5-7-16/h3-11,19H,2,12-15H2,1H3/t19-/m1/s1. The Balaban J connectivity index is 1.80. The van der Waals surface area contributed by atoms with Gasteiger partial charge in [0.1, 0.15) is 0 Å². The molecule has 1 saturated heterocycles. The van der Waals surface area contributed by atoms with Gasteiger partial charge in [0.2, 0.25) is 0 Å². The van der Waals surface area contributed by atoms with Gasteiger partial charge in [0.05, 0.1) is 11.5 Å². The van der Waals surface area contributed by atoms with Crippen LogP contribution in [0.3, 0.4) is 0 Å². The molecular formula is C20H23NO3S. The first kappa shape index (κ1) is 17.7. The van der Waals surface area contributed by atoms with Crippen LogP contribution >= 0.6 is 0 Å². The van der Waals surface area contributed by atoms with Gasteiger partial charge in [-0.05, 0) is 36.1 Å². The molecule has 1 aliphatic heterocycles. The van der Waals surface area contributed by atoms with E-state index in [1.807, 2.05) is 61.5 Å². The third-order valence-corrected chi connectivity index (χ3v) is 6.36. The van der Waals surface area contributed by atoms with Gasteiger partial charge in [-0.15, -0.1) is 0 Å². The van der Waals surface area contributed by atoms with Gasteiger partial charge in [0, 0.05) is 18.2 Å². The van der Waals surface area contributed by atoms with Crippen molar-refractivity contribution in [1.82, 2.24) is 4.90 Å². The Morgan fingerprint density at radius 3 is 2.24 bits per heavy atom. The second-order valence-electron chi connectivity index (χ2n) is 6.50. The molecule has 1 aliphatic rings. The highest BCUT2D eigenvalue weighted by Crippen LogP contribution is 2.23. The van der Waals surface area contributed by atoms with Crippen LogP contribution in [-0.2, 0) is 9.84 Å². The van der Waals surface area contributed by atoms with Crippen LogP contribution in [0.25, 0.3) is 11.1 Å². The fourth-order valence-electron chi connectivity index (χ4n) is 3.31. The lowest BCUT2D eigenvalue weighted by molar-refractivity contribution is 0.0697. The molecule has 1 fully saturated rings. The molecule has 1 heterocycles. The molecule has 2 aromatic carbocycles. The molecule has 2 aromatic rings. The van der Waals surface area contributed by atoms with Gasteiger partial charge in [-0.1, -0.05) is 49.4 Å². The number of rotatable bonds is 5. The summed E-state index contributed by atoms with van der Waals surface area (Å²) in [7, 11) is -3.01. The number of nitrogens with zero attached hydrogens (tertiary/aromatic N) is 1. The molecule has 25 heavy (non-hydrogen) atoms. The fraction of sp³-hybridized carbons (Fsp3) is 0.350. The molecule has 1 amide bonds. The maximum Gasteiger partial charge on any atom is 0.254 e. The molecule has 0 spiro atoms. The van der Waals surface area contributed by atoms with E-state index < -0.39 is 9.84 Å². The molecule has 0 radical (unpaired) electrons. The minimum Gasteiger partial charge on any atom is -0.335 e. The lowest BCUT2D eigenvalue weighted by atomic mass is 10.0. The first-order valence-corrected chi connectivity index (χ1v) is 10.5. The van der Waals surface area contributed by atoms with Crippen LogP contribution in [0, 0.1) is 0 Å². The number of sulfone groups is 1. The molecule has 0 N–H and O–H groups in total. The van der Waals surface area contributed by atoms with Crippen LogP contribution in [0.15, 0.2) is 54.6 Å². The van der Waals surface area contributed by atoms with Gasteiger partial charge in [0.25, 0.3) is 5.91 Å². The Morgan fingerprint density at radius 1 is 1.04 bits per heavy atom. The molecule has 1 atom stereocenters. The molecular weight excluding hydrogens is 334 g/mol. The van der Waals surface area contributed by atoms with Crippen LogP contribution in [-0.4, -0.2) is 43.3 Å². The van der Waals surface area contributed by atoms with E-state index in [1.165, 1.54) is 0 Å². The van der Waals surface area contributed by atoms with Crippen LogP contribution in [0.5, 0.6) is 0 Å². The summed E-state index contributed by atoms with van der Waals surface area (Å²) >= 11 is 0. The zero-order chi connectivity index (χ0) is 17.9. The van der Waals surface area contributed by atoms with Crippen molar-refractivity contribution in [2.45, 2.75) is 25.8 Å². The number of hydrogen-bond donors (Lipinski definition) is 0. The van der Waals surface area contributed by atoms with Crippen molar-refractivity contribution in [2.24, 2.45) is 0 Å². The third kappa shape index (κ3) is 4.10. The molecule has 0 bridgehead atoms. The van der Waals surface area contributed by atoms with Crippen molar-refractivity contribution in [3.63, 3.8) is 0 Å². The van der Waals surface area contributed by atoms with E-state index >= 15 is 0 Å². The molecule has 0 unspecified atom stereocenters. The lowest BCUT2D eigenvalue weighted by Gasteiger charge is -2.28. The highest BCUT2D eigenvalue weighted by molar-refractivity contribution is 7.91. The summed E-state index contributed by atoms with van der Waals surface area (Å²) in [6, 6.07) is 17.3. The normalized spacial score (nSPS) is 18.8. The van der Waals surface area contributed by atoms with Crippen LogP contribution in [0.4, 0.5) is 0 Å². The van der Waals surface area contributed by atoms with E-state index in [4.69, 9.17) is 0 Å². The smallest absolute Gasteiger partial charge is 0.254 e. The molecule has 0 aromatic heterocycles. The first-order valence-electron chi connectivity index (χ1n) is 8.67. The van der Waals surface area contributed by atoms with E-state index in [2.05, 4.69) is 0 Å². The van der Waals surface area contributed by atoms with E-state index in [-0.39, 0.29) is 23.5 Å². The molecule has 0 aliphatic carbocycles. The minimum absolute atomic E-state index is 0.0800. The molecule has 0 saturated carbocycles. The predicted molar refractivity (Wildman–Crippen MR) is 100 cm³/mol. The zero-order valence-electron chi connectivity index (χ0n) is 14.4. The predicted octanol–water partition coefficient (Wildman–Crippen LogP) is 3.39. The lowest BCUT2D eigenvalue weighted by Crippen LogP contribution is -2.41. The maximum absolute atomic E-state index is 12.9. The molecule has 4 nitrogen and oxygen atoms in total. The summed E-state index contributed by atoms with van der Waals surface area (Å²) in [5.41, 5.74) is 2.77. The minimum atomic E-state index is -3.01. The summed E-state index contributed by atoms with van der Waals surface area (Å²) < 4.78 is 23.5. The fourth-order valence-corrected chi connectivity index (χ4v) is 5.04. The van der Waals surface area contributed by atoms with E-state index in [0.717, 1.165) is 17.5 Å². The van der Waals surface area contributed by atoms with E-state index in [9.17, 15) is 13.2 Å². The molecule has 132 valence electrons. The van der Waals surface area contributed by atoms with Crippen molar-refractivity contribution < 1.29 is 13.2 Å². The highest BCUT2D eigenvalue weighted by atomic mass is 32.2. The number of benzene rings is 2. The Kier molecular flexibility index (Phi) is 5.23. The topological polar surface area (TPSA) is 54.5 Å². The summed E-state index contributed by atoms with van der Waals surface area (Å²) in [5, 5.41) is 0. The second kappa shape index (κ2) is 7.40. The van der Waals surface area contributed by atoms with Crippen LogP contribution in [0.1, 0.15) is 30.1 Å². The van der Waals surface area contributed by atoms with Gasteiger partial charge >= 0.3 is 0 Å². The number of carbonyl (C=O) groups is 1. The van der Waals surface area contributed by atoms with Crippen LogP contribution in [0.2, 0.25) is 0 Å². The van der Waals surface area contributed by atoms with Gasteiger partial charge in [-0.2, -0.15) is 0 Å². The van der Waals surface area contributed by atoms with Gasteiger partial charge in [-0.3, -0.25) is 4.79 Å². The average Bonchev–Trinajstić information content (AvgIpc) is 2.99. The van der Waals surface area contributed by atoms with Crippen molar-refractivity contribution in [2.75, 3.05) is 18.1 Å². The molecule has 3 rings (SSSR count). The Hall–Kier alpha value is -2.14. The zero-order valence-corrected chi connectivity index (χ0v) is 15.2. The third-order valence-electron chi connectivity index (χ3n) is 4.61. The van der Waals surface area contributed by atoms with E-state index in [0.29, 0.717) is 18.5 Å². The quantitative estimate of drug-likeness (QED) is 0.824. The van der Waals surface area contributed by atoms with Crippen molar-refractivity contribution in [3.05, 3.63) is 60.2 Å². The van der Waals surface area contributed by atoms with Gasteiger partial charge < -0.3 is 4.90 Å². The summed E-state index contributed by atoms with van der Waals surface area (Å²) in [4.78, 5) is 14.6. The Bertz CT molecular complexity index is 829. The van der Waals surface area contributed by atoms with Gasteiger partial charge in [-0.25, -0.2) is 8.42 Å². The SMILES string of the molecule is CCCN(C(=O)c1ccc(-c2ccccc2)cc1)[C@@H]1CCS(=O)(=O)C1. The highest BCUT2D eigenvalue weighted by Gasteiger charge is 2.34. The Morgan fingerprint density at radius 2 is 1.68 bits per heavy atom. The number of hydrogen-bond acceptors (Lipinski definition) is 3.